The third-order valence-electron chi connectivity index (χ3n) is 6.57. The van der Waals surface area contributed by atoms with Crippen LogP contribution in [-0.2, 0) is 26.3 Å². The molecule has 1 aromatic heterocycles. The van der Waals surface area contributed by atoms with E-state index in [2.05, 4.69) is 42.8 Å². The molecule has 0 radical (unpaired) electrons. The molecule has 1 aliphatic rings. The predicted octanol–water partition coefficient (Wildman–Crippen LogP) is 4.69. The van der Waals surface area contributed by atoms with Crippen LogP contribution in [0.1, 0.15) is 79.7 Å². The molecule has 0 bridgehead atoms. The van der Waals surface area contributed by atoms with Crippen LogP contribution in [0.15, 0.2) is 11.2 Å². The quantitative estimate of drug-likeness (QED) is 0.664. The third kappa shape index (κ3) is 4.12. The molecule has 5 nitrogen and oxygen atoms in total. The van der Waals surface area contributed by atoms with Gasteiger partial charge in [-0.1, -0.05) is 27.2 Å². The van der Waals surface area contributed by atoms with Crippen LogP contribution >= 0.6 is 11.5 Å². The van der Waals surface area contributed by atoms with Gasteiger partial charge in [0.25, 0.3) is 5.91 Å². The fraction of sp³-hybridized carbons (Fsp3) is 0.773. The van der Waals surface area contributed by atoms with Crippen LogP contribution in [0.25, 0.3) is 0 Å². The molecular weight excluding hydrogens is 372 g/mol. The van der Waals surface area contributed by atoms with Crippen molar-refractivity contribution in [3.8, 4) is 0 Å². The van der Waals surface area contributed by atoms with Gasteiger partial charge in [-0.3, -0.25) is 13.5 Å². The smallest absolute Gasteiger partial charge is 0.312 e. The first-order chi connectivity index (χ1) is 12.9. The van der Waals surface area contributed by atoms with Gasteiger partial charge < -0.3 is 4.74 Å². The number of esters is 1. The number of aromatic nitrogens is 1. The average molecular weight is 409 g/mol. The SMILES string of the molecule is CCCCc1cn(C(C)(C)C)sc1=NC(=O)[C@H]1CC[C@@](C)(C(=O)OC)C1(C)C. The second-order valence-corrected chi connectivity index (χ2v) is 10.7. The molecule has 28 heavy (non-hydrogen) atoms. The number of rotatable bonds is 5. The summed E-state index contributed by atoms with van der Waals surface area (Å²) in [7, 11) is 1.42. The Morgan fingerprint density at radius 1 is 1.32 bits per heavy atom. The summed E-state index contributed by atoms with van der Waals surface area (Å²) in [6.07, 6.45) is 6.56. The van der Waals surface area contributed by atoms with Crippen molar-refractivity contribution in [2.45, 2.75) is 86.1 Å². The predicted molar refractivity (Wildman–Crippen MR) is 113 cm³/mol. The van der Waals surface area contributed by atoms with Crippen LogP contribution in [0.5, 0.6) is 0 Å². The minimum atomic E-state index is -0.663. The summed E-state index contributed by atoms with van der Waals surface area (Å²) in [5.74, 6) is -0.628. The highest BCUT2D eigenvalue weighted by Crippen LogP contribution is 2.56. The first-order valence-corrected chi connectivity index (χ1v) is 11.0. The summed E-state index contributed by atoms with van der Waals surface area (Å²) >= 11 is 1.55. The van der Waals surface area contributed by atoms with Crippen LogP contribution in [0, 0.1) is 16.7 Å². The number of carbonyl (C=O) groups is 2. The molecule has 158 valence electrons. The second-order valence-electron chi connectivity index (χ2n) is 9.74. The van der Waals surface area contributed by atoms with Crippen LogP contribution in [-0.4, -0.2) is 22.9 Å². The van der Waals surface area contributed by atoms with E-state index >= 15 is 0 Å². The summed E-state index contributed by atoms with van der Waals surface area (Å²) in [6.45, 7) is 14.5. The summed E-state index contributed by atoms with van der Waals surface area (Å²) in [5, 5.41) is 0. The van der Waals surface area contributed by atoms with Gasteiger partial charge in [0.1, 0.15) is 4.67 Å². The average Bonchev–Trinajstić information content (AvgIpc) is 3.11. The zero-order valence-corrected chi connectivity index (χ0v) is 19.5. The van der Waals surface area contributed by atoms with E-state index in [4.69, 9.17) is 4.74 Å². The molecular formula is C22H36N2O3S. The Morgan fingerprint density at radius 2 is 1.96 bits per heavy atom. The van der Waals surface area contributed by atoms with Crippen LogP contribution in [0.4, 0.5) is 0 Å². The van der Waals surface area contributed by atoms with Gasteiger partial charge in [-0.25, -0.2) is 4.99 Å². The minimum Gasteiger partial charge on any atom is -0.469 e. The molecule has 1 heterocycles. The molecule has 1 amide bonds. The third-order valence-corrected chi connectivity index (χ3v) is 7.94. The standard InChI is InChI=1S/C22H36N2O3S/c1-9-10-11-15-14-24(20(2,3)4)28-18(15)23-17(25)16-12-13-22(7,19(26)27-8)21(16,5)6/h14,16H,9-13H2,1-8H3/t16-,22+/m1/s1. The van der Waals surface area contributed by atoms with E-state index in [9.17, 15) is 9.59 Å². The number of hydrogen-bond acceptors (Lipinski definition) is 4. The molecule has 0 spiro atoms. The van der Waals surface area contributed by atoms with Crippen molar-refractivity contribution >= 4 is 23.4 Å². The number of nitrogens with zero attached hydrogens (tertiary/aromatic N) is 2. The van der Waals surface area contributed by atoms with Crippen molar-refractivity contribution in [2.24, 2.45) is 21.7 Å². The highest BCUT2D eigenvalue weighted by atomic mass is 32.1. The first kappa shape index (κ1) is 22.9. The Hall–Kier alpha value is -1.43. The molecule has 1 aliphatic carbocycles. The van der Waals surface area contributed by atoms with E-state index in [1.54, 1.807) is 11.5 Å². The Labute approximate surface area is 173 Å². The molecule has 2 rings (SSSR count). The van der Waals surface area contributed by atoms with Crippen LogP contribution in [0.2, 0.25) is 0 Å². The van der Waals surface area contributed by atoms with Crippen LogP contribution < -0.4 is 4.67 Å². The fourth-order valence-electron chi connectivity index (χ4n) is 4.04. The lowest BCUT2D eigenvalue weighted by Crippen LogP contribution is -2.43. The van der Waals surface area contributed by atoms with Gasteiger partial charge in [-0.05, 0) is 70.3 Å². The Kier molecular flexibility index (Phi) is 6.64. The molecule has 0 unspecified atom stereocenters. The first-order valence-electron chi connectivity index (χ1n) is 10.3. The number of aryl methyl sites for hydroxylation is 1. The summed E-state index contributed by atoms with van der Waals surface area (Å²) in [4.78, 5) is 30.2. The Morgan fingerprint density at radius 3 is 2.50 bits per heavy atom. The molecule has 1 saturated carbocycles. The van der Waals surface area contributed by atoms with E-state index < -0.39 is 10.8 Å². The minimum absolute atomic E-state index is 0.0431. The number of methoxy groups -OCH3 is 1. The molecule has 2 atom stereocenters. The monoisotopic (exact) mass is 408 g/mol. The maximum Gasteiger partial charge on any atom is 0.312 e. The molecule has 1 aromatic rings. The lowest BCUT2D eigenvalue weighted by Gasteiger charge is -2.38. The molecule has 0 aromatic carbocycles. The Bertz CT molecular complexity index is 797. The maximum absolute atomic E-state index is 13.2. The van der Waals surface area contributed by atoms with Gasteiger partial charge in [0.05, 0.1) is 12.5 Å². The lowest BCUT2D eigenvalue weighted by atomic mass is 9.65. The normalized spacial score (nSPS) is 25.1. The topological polar surface area (TPSA) is 60.7 Å². The highest BCUT2D eigenvalue weighted by molar-refractivity contribution is 7.04. The molecule has 0 aliphatic heterocycles. The van der Waals surface area contributed by atoms with E-state index in [0.29, 0.717) is 12.8 Å². The highest BCUT2D eigenvalue weighted by Gasteiger charge is 2.58. The van der Waals surface area contributed by atoms with E-state index in [0.717, 1.165) is 29.5 Å². The van der Waals surface area contributed by atoms with Crippen molar-refractivity contribution in [2.75, 3.05) is 7.11 Å². The van der Waals surface area contributed by atoms with Gasteiger partial charge in [0.15, 0.2) is 0 Å². The van der Waals surface area contributed by atoms with E-state index in [-0.39, 0.29) is 23.3 Å². The molecule has 0 N–H and O–H groups in total. The number of ether oxygens (including phenoxy) is 1. The van der Waals surface area contributed by atoms with Crippen molar-refractivity contribution in [3.63, 3.8) is 0 Å². The maximum atomic E-state index is 13.2. The number of amides is 1. The van der Waals surface area contributed by atoms with Gasteiger partial charge in [-0.15, -0.1) is 0 Å². The zero-order valence-electron chi connectivity index (χ0n) is 18.7. The zero-order chi connectivity index (χ0) is 21.3. The van der Waals surface area contributed by atoms with Crippen molar-refractivity contribution < 1.29 is 14.3 Å². The summed E-state index contributed by atoms with van der Waals surface area (Å²) in [6, 6.07) is 0. The Balaban J connectivity index is 2.41. The van der Waals surface area contributed by atoms with Crippen molar-refractivity contribution in [1.29, 1.82) is 0 Å². The van der Waals surface area contributed by atoms with E-state index in [1.807, 2.05) is 20.8 Å². The lowest BCUT2D eigenvalue weighted by molar-refractivity contribution is -0.158. The van der Waals surface area contributed by atoms with Crippen molar-refractivity contribution in [1.82, 2.24) is 3.96 Å². The summed E-state index contributed by atoms with van der Waals surface area (Å²) in [5.41, 5.74) is -0.0645. The largest absolute Gasteiger partial charge is 0.469 e. The number of unbranched alkanes of at least 4 members (excludes halogenated alkanes) is 1. The molecule has 1 fully saturated rings. The number of carbonyl (C=O) groups excluding carboxylic acids is 2. The van der Waals surface area contributed by atoms with Gasteiger partial charge in [0.2, 0.25) is 0 Å². The summed E-state index contributed by atoms with van der Waals surface area (Å²) < 4.78 is 8.04. The molecule has 0 saturated heterocycles. The number of hydrogen-bond donors (Lipinski definition) is 0. The molecule has 6 heteroatoms. The fourth-order valence-corrected chi connectivity index (χ4v) is 5.08. The van der Waals surface area contributed by atoms with Crippen LogP contribution in [0.3, 0.4) is 0 Å². The van der Waals surface area contributed by atoms with E-state index in [1.165, 1.54) is 7.11 Å². The second kappa shape index (κ2) is 8.13. The van der Waals surface area contributed by atoms with Gasteiger partial charge >= 0.3 is 5.97 Å². The van der Waals surface area contributed by atoms with Gasteiger partial charge in [0, 0.05) is 23.2 Å². The van der Waals surface area contributed by atoms with Gasteiger partial charge in [-0.2, -0.15) is 0 Å². The van der Waals surface area contributed by atoms with Crippen molar-refractivity contribution in [3.05, 3.63) is 16.4 Å².